The van der Waals surface area contributed by atoms with Gasteiger partial charge in [-0.15, -0.1) is 0 Å². The Morgan fingerprint density at radius 1 is 1.21 bits per heavy atom. The predicted octanol–water partition coefficient (Wildman–Crippen LogP) is 5.10. The molecule has 1 aliphatic rings. The highest BCUT2D eigenvalue weighted by atomic mass is 35.5. The molecule has 7 heteroatoms. The van der Waals surface area contributed by atoms with Crippen molar-refractivity contribution >= 4 is 29.0 Å². The lowest BCUT2D eigenvalue weighted by molar-refractivity contribution is 0.102. The second-order valence-corrected chi connectivity index (χ2v) is 7.88. The van der Waals surface area contributed by atoms with Crippen molar-refractivity contribution in [2.45, 2.75) is 31.1 Å². The third kappa shape index (κ3) is 3.85. The summed E-state index contributed by atoms with van der Waals surface area (Å²) in [5.41, 5.74) is 8.99. The molecule has 1 amide bonds. The number of halogens is 2. The smallest absolute Gasteiger partial charge is 0.261 e. The summed E-state index contributed by atoms with van der Waals surface area (Å²) in [4.78, 5) is 13.0. The summed E-state index contributed by atoms with van der Waals surface area (Å²) in [6.45, 7) is 0. The fraction of sp³-hybridized carbons (Fsp3) is 0.273. The highest BCUT2D eigenvalue weighted by molar-refractivity contribution is 6.31. The Kier molecular flexibility index (Phi) is 5.28. The normalized spacial score (nSPS) is 18.7. The van der Waals surface area contributed by atoms with E-state index < -0.39 is 5.82 Å². The van der Waals surface area contributed by atoms with Crippen LogP contribution in [0.3, 0.4) is 0 Å². The molecule has 1 heterocycles. The number of anilines is 2. The number of nitrogens with two attached hydrogens (primary N) is 1. The minimum absolute atomic E-state index is 0.0522. The van der Waals surface area contributed by atoms with Crippen LogP contribution in [-0.2, 0) is 7.05 Å². The average Bonchev–Trinajstić information content (AvgIpc) is 3.31. The average molecular weight is 413 g/mol. The van der Waals surface area contributed by atoms with Gasteiger partial charge in [0.25, 0.3) is 5.91 Å². The van der Waals surface area contributed by atoms with E-state index in [4.69, 9.17) is 17.3 Å². The zero-order valence-corrected chi connectivity index (χ0v) is 16.8. The second-order valence-electron chi connectivity index (χ2n) is 7.47. The number of nitrogens with one attached hydrogen (secondary N) is 1. The summed E-state index contributed by atoms with van der Waals surface area (Å²) >= 11 is 5.82. The van der Waals surface area contributed by atoms with Crippen molar-refractivity contribution in [2.24, 2.45) is 7.05 Å². The number of rotatable bonds is 4. The van der Waals surface area contributed by atoms with E-state index in [0.29, 0.717) is 28.7 Å². The third-order valence-corrected chi connectivity index (χ3v) is 5.90. The van der Waals surface area contributed by atoms with E-state index in [9.17, 15) is 9.18 Å². The maximum absolute atomic E-state index is 13.4. The first kappa shape index (κ1) is 19.5. The summed E-state index contributed by atoms with van der Waals surface area (Å²) in [5, 5.41) is 7.27. The molecule has 150 valence electrons. The first-order chi connectivity index (χ1) is 13.9. The Bertz CT molecular complexity index is 1050. The maximum Gasteiger partial charge on any atom is 0.261 e. The molecule has 2 aromatic carbocycles. The molecule has 0 spiro atoms. The third-order valence-electron chi connectivity index (χ3n) is 5.61. The van der Waals surface area contributed by atoms with Gasteiger partial charge in [0.2, 0.25) is 0 Å². The van der Waals surface area contributed by atoms with Gasteiger partial charge in [-0.1, -0.05) is 41.9 Å². The van der Waals surface area contributed by atoms with Gasteiger partial charge >= 0.3 is 0 Å². The molecule has 3 aromatic rings. The van der Waals surface area contributed by atoms with Crippen molar-refractivity contribution in [3.63, 3.8) is 0 Å². The molecule has 0 saturated heterocycles. The fourth-order valence-electron chi connectivity index (χ4n) is 4.10. The van der Waals surface area contributed by atoms with E-state index >= 15 is 0 Å². The standard InChI is InChI=1S/C22H22ClFN4O/c1-28-21(25)19(22(29)26-16-9-10-18(24)17(23)12-16)20(27-28)15-8-7-14(11-15)13-5-3-2-4-6-13/h2-6,9-10,12,14-15H,7-8,11,25H2,1H3,(H,26,29)/t14-,15-/m0/s1. The Morgan fingerprint density at radius 3 is 2.66 bits per heavy atom. The molecular formula is C22H22ClFN4O. The molecule has 3 N–H and O–H groups in total. The molecule has 0 bridgehead atoms. The van der Waals surface area contributed by atoms with Gasteiger partial charge in [-0.05, 0) is 48.9 Å². The van der Waals surface area contributed by atoms with Gasteiger partial charge in [0.1, 0.15) is 17.2 Å². The summed E-state index contributed by atoms with van der Waals surface area (Å²) in [6.07, 6.45) is 2.90. The number of aryl methyl sites for hydroxylation is 1. The van der Waals surface area contributed by atoms with Crippen LogP contribution in [0, 0.1) is 5.82 Å². The number of hydrogen-bond donors (Lipinski definition) is 2. The van der Waals surface area contributed by atoms with E-state index in [2.05, 4.69) is 22.5 Å². The zero-order chi connectivity index (χ0) is 20.5. The van der Waals surface area contributed by atoms with Crippen LogP contribution in [0.2, 0.25) is 5.02 Å². The first-order valence-electron chi connectivity index (χ1n) is 9.57. The van der Waals surface area contributed by atoms with Crippen LogP contribution in [0.5, 0.6) is 0 Å². The summed E-state index contributed by atoms with van der Waals surface area (Å²) in [5.74, 6) is 0.00645. The summed E-state index contributed by atoms with van der Waals surface area (Å²) < 4.78 is 14.9. The molecule has 1 fully saturated rings. The molecule has 1 saturated carbocycles. The SMILES string of the molecule is Cn1nc([C@H]2CC[C@H](c3ccccc3)C2)c(C(=O)Nc2ccc(F)c(Cl)c2)c1N. The van der Waals surface area contributed by atoms with Gasteiger partial charge in [0, 0.05) is 18.7 Å². The van der Waals surface area contributed by atoms with E-state index in [1.54, 1.807) is 7.05 Å². The lowest BCUT2D eigenvalue weighted by atomic mass is 9.94. The van der Waals surface area contributed by atoms with Gasteiger partial charge in [-0.25, -0.2) is 4.39 Å². The number of carbonyl (C=O) groups excluding carboxylic acids is 1. The number of nitrogen functional groups attached to an aromatic ring is 1. The molecule has 1 aliphatic carbocycles. The molecule has 1 aromatic heterocycles. The van der Waals surface area contributed by atoms with Gasteiger partial charge in [-0.2, -0.15) is 5.10 Å². The molecule has 29 heavy (non-hydrogen) atoms. The van der Waals surface area contributed by atoms with Crippen LogP contribution in [0.4, 0.5) is 15.9 Å². The molecule has 2 atom stereocenters. The van der Waals surface area contributed by atoms with Crippen LogP contribution in [0.25, 0.3) is 0 Å². The lowest BCUT2D eigenvalue weighted by Crippen LogP contribution is -2.16. The van der Waals surface area contributed by atoms with E-state index in [-0.39, 0.29) is 16.8 Å². The van der Waals surface area contributed by atoms with E-state index in [0.717, 1.165) is 19.3 Å². The lowest BCUT2D eigenvalue weighted by Gasteiger charge is -2.12. The minimum Gasteiger partial charge on any atom is -0.383 e. The van der Waals surface area contributed by atoms with Crippen LogP contribution >= 0.6 is 11.6 Å². The Labute approximate surface area is 173 Å². The number of benzene rings is 2. The highest BCUT2D eigenvalue weighted by Gasteiger charge is 2.33. The van der Waals surface area contributed by atoms with Gasteiger partial charge in [0.15, 0.2) is 0 Å². The predicted molar refractivity (Wildman–Crippen MR) is 113 cm³/mol. The van der Waals surface area contributed by atoms with Crippen LogP contribution in [0.1, 0.15) is 52.7 Å². The molecule has 0 radical (unpaired) electrons. The quantitative estimate of drug-likeness (QED) is 0.626. The first-order valence-corrected chi connectivity index (χ1v) is 9.95. The number of nitrogens with zero attached hydrogens (tertiary/aromatic N) is 2. The van der Waals surface area contributed by atoms with Crippen molar-refractivity contribution in [3.05, 3.63) is 76.2 Å². The number of aromatic nitrogens is 2. The zero-order valence-electron chi connectivity index (χ0n) is 16.0. The van der Waals surface area contributed by atoms with E-state index in [1.807, 2.05) is 18.2 Å². The number of carbonyl (C=O) groups is 1. The van der Waals surface area contributed by atoms with Crippen molar-refractivity contribution in [1.82, 2.24) is 9.78 Å². The Morgan fingerprint density at radius 2 is 1.93 bits per heavy atom. The Hall–Kier alpha value is -2.86. The van der Waals surface area contributed by atoms with Crippen LogP contribution in [0.15, 0.2) is 48.5 Å². The largest absolute Gasteiger partial charge is 0.383 e. The van der Waals surface area contributed by atoms with Crippen LogP contribution in [-0.4, -0.2) is 15.7 Å². The van der Waals surface area contributed by atoms with Gasteiger partial charge < -0.3 is 11.1 Å². The van der Waals surface area contributed by atoms with Gasteiger partial charge in [-0.3, -0.25) is 9.48 Å². The van der Waals surface area contributed by atoms with Crippen molar-refractivity contribution in [1.29, 1.82) is 0 Å². The number of amides is 1. The van der Waals surface area contributed by atoms with E-state index in [1.165, 1.54) is 28.4 Å². The highest BCUT2D eigenvalue weighted by Crippen LogP contribution is 2.44. The molecular weight excluding hydrogens is 391 g/mol. The Balaban J connectivity index is 1.59. The van der Waals surface area contributed by atoms with Crippen molar-refractivity contribution in [3.8, 4) is 0 Å². The number of hydrogen-bond acceptors (Lipinski definition) is 3. The minimum atomic E-state index is -0.538. The molecule has 0 aliphatic heterocycles. The summed E-state index contributed by atoms with van der Waals surface area (Å²) in [7, 11) is 1.73. The molecule has 5 nitrogen and oxygen atoms in total. The van der Waals surface area contributed by atoms with Gasteiger partial charge in [0.05, 0.1) is 10.7 Å². The molecule has 0 unspecified atom stereocenters. The maximum atomic E-state index is 13.4. The molecule has 4 rings (SSSR count). The second kappa shape index (κ2) is 7.87. The fourth-order valence-corrected chi connectivity index (χ4v) is 4.28. The van der Waals surface area contributed by atoms with Crippen molar-refractivity contribution < 1.29 is 9.18 Å². The van der Waals surface area contributed by atoms with Crippen molar-refractivity contribution in [2.75, 3.05) is 11.1 Å². The monoisotopic (exact) mass is 412 g/mol. The summed E-state index contributed by atoms with van der Waals surface area (Å²) in [6, 6.07) is 14.5. The topological polar surface area (TPSA) is 72.9 Å². The van der Waals surface area contributed by atoms with Crippen LogP contribution < -0.4 is 11.1 Å².